The lowest BCUT2D eigenvalue weighted by Crippen LogP contribution is -2.35. The molecule has 0 fully saturated rings. The molecule has 0 saturated carbocycles. The van der Waals surface area contributed by atoms with Crippen molar-refractivity contribution < 1.29 is 0 Å². The van der Waals surface area contributed by atoms with Gasteiger partial charge in [0.05, 0.1) is 0 Å². The molecule has 0 aromatic carbocycles. The molecule has 0 aliphatic rings. The van der Waals surface area contributed by atoms with Crippen molar-refractivity contribution in [3.05, 3.63) is 36.5 Å². The second-order valence-electron chi connectivity index (χ2n) is 3.73. The van der Waals surface area contributed by atoms with Crippen LogP contribution in [0.1, 0.15) is 5.56 Å². The highest BCUT2D eigenvalue weighted by molar-refractivity contribution is 7.80. The maximum atomic E-state index is 5.12. The standard InChI is InChI=1S/C12H18N4S/c1-4-7-14-12(17)15-9-10-6-5-8-13-11(10)16(2)3/h4-6,8H,1,7,9H2,2-3H3,(H2,14,15,17). The first-order valence-corrected chi connectivity index (χ1v) is 5.79. The molecule has 0 aliphatic heterocycles. The lowest BCUT2D eigenvalue weighted by Gasteiger charge is -2.16. The quantitative estimate of drug-likeness (QED) is 0.609. The normalized spacial score (nSPS) is 9.53. The summed E-state index contributed by atoms with van der Waals surface area (Å²) in [6, 6.07) is 3.95. The van der Waals surface area contributed by atoms with Crippen molar-refractivity contribution in [2.24, 2.45) is 0 Å². The van der Waals surface area contributed by atoms with E-state index in [0.29, 0.717) is 18.2 Å². The lowest BCUT2D eigenvalue weighted by atomic mass is 10.2. The topological polar surface area (TPSA) is 40.2 Å². The summed E-state index contributed by atoms with van der Waals surface area (Å²) in [7, 11) is 3.94. The summed E-state index contributed by atoms with van der Waals surface area (Å²) in [5, 5.41) is 6.78. The Bertz CT molecular complexity index is 390. The van der Waals surface area contributed by atoms with Crippen LogP contribution < -0.4 is 15.5 Å². The molecule has 1 heterocycles. The number of anilines is 1. The Morgan fingerprint density at radius 1 is 1.53 bits per heavy atom. The van der Waals surface area contributed by atoms with Gasteiger partial charge in [-0.15, -0.1) is 6.58 Å². The Balaban J connectivity index is 2.56. The van der Waals surface area contributed by atoms with Crippen molar-refractivity contribution >= 4 is 23.1 Å². The van der Waals surface area contributed by atoms with Gasteiger partial charge in [0, 0.05) is 38.9 Å². The molecule has 0 saturated heterocycles. The predicted molar refractivity (Wildman–Crippen MR) is 76.2 cm³/mol. The fourth-order valence-corrected chi connectivity index (χ4v) is 1.53. The van der Waals surface area contributed by atoms with Gasteiger partial charge < -0.3 is 15.5 Å². The zero-order valence-corrected chi connectivity index (χ0v) is 11.0. The molecule has 92 valence electrons. The summed E-state index contributed by atoms with van der Waals surface area (Å²) < 4.78 is 0. The second kappa shape index (κ2) is 6.85. The molecule has 0 radical (unpaired) electrons. The fourth-order valence-electron chi connectivity index (χ4n) is 1.37. The predicted octanol–water partition coefficient (Wildman–Crippen LogP) is 1.30. The van der Waals surface area contributed by atoms with Crippen LogP contribution in [0.3, 0.4) is 0 Å². The molecule has 1 aromatic heterocycles. The number of hydrogen-bond donors (Lipinski definition) is 2. The number of pyridine rings is 1. The van der Waals surface area contributed by atoms with Crippen LogP contribution in [0, 0.1) is 0 Å². The van der Waals surface area contributed by atoms with Crippen molar-refractivity contribution in [3.63, 3.8) is 0 Å². The molecule has 0 spiro atoms. The molecule has 17 heavy (non-hydrogen) atoms. The van der Waals surface area contributed by atoms with Crippen LogP contribution in [0.4, 0.5) is 5.82 Å². The Morgan fingerprint density at radius 3 is 2.94 bits per heavy atom. The van der Waals surface area contributed by atoms with Crippen LogP contribution in [0.5, 0.6) is 0 Å². The Morgan fingerprint density at radius 2 is 2.29 bits per heavy atom. The van der Waals surface area contributed by atoms with E-state index in [9.17, 15) is 0 Å². The van der Waals surface area contributed by atoms with Gasteiger partial charge in [0.15, 0.2) is 5.11 Å². The van der Waals surface area contributed by atoms with Crippen LogP contribution in [0.25, 0.3) is 0 Å². The first-order valence-electron chi connectivity index (χ1n) is 5.39. The summed E-state index contributed by atoms with van der Waals surface area (Å²) in [6.07, 6.45) is 3.55. The van der Waals surface area contributed by atoms with Gasteiger partial charge in [-0.1, -0.05) is 12.1 Å². The molecule has 1 rings (SSSR count). The molecule has 0 amide bonds. The SMILES string of the molecule is C=CCNC(=S)NCc1cccnc1N(C)C. The van der Waals surface area contributed by atoms with E-state index in [4.69, 9.17) is 12.2 Å². The van der Waals surface area contributed by atoms with Gasteiger partial charge in [-0.05, 0) is 18.3 Å². The van der Waals surface area contributed by atoms with Crippen LogP contribution in [0.15, 0.2) is 31.0 Å². The number of nitrogens with zero attached hydrogens (tertiary/aromatic N) is 2. The number of nitrogens with one attached hydrogen (secondary N) is 2. The van der Waals surface area contributed by atoms with Crippen molar-refractivity contribution in [1.29, 1.82) is 0 Å². The van der Waals surface area contributed by atoms with E-state index in [0.717, 1.165) is 11.4 Å². The third kappa shape index (κ3) is 4.40. The fraction of sp³-hybridized carbons (Fsp3) is 0.333. The Hall–Kier alpha value is -1.62. The molecule has 0 unspecified atom stereocenters. The van der Waals surface area contributed by atoms with Crippen LogP contribution in [0.2, 0.25) is 0 Å². The highest BCUT2D eigenvalue weighted by Crippen LogP contribution is 2.13. The first kappa shape index (κ1) is 13.4. The third-order valence-electron chi connectivity index (χ3n) is 2.14. The van der Waals surface area contributed by atoms with Gasteiger partial charge in [0.25, 0.3) is 0 Å². The van der Waals surface area contributed by atoms with Crippen LogP contribution in [-0.4, -0.2) is 30.7 Å². The van der Waals surface area contributed by atoms with Crippen molar-refractivity contribution in [1.82, 2.24) is 15.6 Å². The number of aromatic nitrogens is 1. The zero-order chi connectivity index (χ0) is 12.7. The highest BCUT2D eigenvalue weighted by Gasteiger charge is 2.05. The molecule has 1 aromatic rings. The van der Waals surface area contributed by atoms with E-state index in [-0.39, 0.29) is 0 Å². The zero-order valence-electron chi connectivity index (χ0n) is 10.2. The minimum atomic E-state index is 0.624. The maximum Gasteiger partial charge on any atom is 0.166 e. The van der Waals surface area contributed by atoms with E-state index in [1.807, 2.05) is 31.1 Å². The van der Waals surface area contributed by atoms with Gasteiger partial charge in [-0.25, -0.2) is 4.98 Å². The van der Waals surface area contributed by atoms with Crippen LogP contribution in [-0.2, 0) is 6.54 Å². The van der Waals surface area contributed by atoms with Gasteiger partial charge in [0.1, 0.15) is 5.82 Å². The Labute approximate surface area is 108 Å². The van der Waals surface area contributed by atoms with E-state index < -0.39 is 0 Å². The molecular formula is C12H18N4S. The second-order valence-corrected chi connectivity index (χ2v) is 4.14. The van der Waals surface area contributed by atoms with E-state index in [1.165, 1.54) is 0 Å². The number of thiocarbonyl (C=S) groups is 1. The number of hydrogen-bond acceptors (Lipinski definition) is 3. The van der Waals surface area contributed by atoms with Gasteiger partial charge in [-0.2, -0.15) is 0 Å². The van der Waals surface area contributed by atoms with E-state index in [1.54, 1.807) is 12.3 Å². The first-order chi connectivity index (χ1) is 8.15. The average Bonchev–Trinajstić information content (AvgIpc) is 2.34. The van der Waals surface area contributed by atoms with Gasteiger partial charge in [0.2, 0.25) is 0 Å². The van der Waals surface area contributed by atoms with E-state index in [2.05, 4.69) is 22.2 Å². The minimum Gasteiger partial charge on any atom is -0.362 e. The van der Waals surface area contributed by atoms with Gasteiger partial charge >= 0.3 is 0 Å². The number of rotatable bonds is 5. The molecule has 4 nitrogen and oxygen atoms in total. The van der Waals surface area contributed by atoms with E-state index >= 15 is 0 Å². The summed E-state index contributed by atoms with van der Waals surface area (Å²) >= 11 is 5.12. The summed E-state index contributed by atoms with van der Waals surface area (Å²) in [4.78, 5) is 6.31. The third-order valence-corrected chi connectivity index (χ3v) is 2.43. The smallest absolute Gasteiger partial charge is 0.166 e. The molecule has 0 aliphatic carbocycles. The molecular weight excluding hydrogens is 232 g/mol. The summed E-state index contributed by atoms with van der Waals surface area (Å²) in [6.45, 7) is 4.94. The molecule has 2 N–H and O–H groups in total. The summed E-state index contributed by atoms with van der Waals surface area (Å²) in [5.74, 6) is 0.950. The van der Waals surface area contributed by atoms with Crippen molar-refractivity contribution in [3.8, 4) is 0 Å². The average molecular weight is 250 g/mol. The largest absolute Gasteiger partial charge is 0.362 e. The highest BCUT2D eigenvalue weighted by atomic mass is 32.1. The molecule has 0 atom stereocenters. The Kier molecular flexibility index (Phi) is 5.42. The van der Waals surface area contributed by atoms with Gasteiger partial charge in [-0.3, -0.25) is 0 Å². The minimum absolute atomic E-state index is 0.624. The summed E-state index contributed by atoms with van der Waals surface area (Å²) in [5.41, 5.74) is 1.11. The van der Waals surface area contributed by atoms with Crippen LogP contribution >= 0.6 is 12.2 Å². The van der Waals surface area contributed by atoms with Crippen molar-refractivity contribution in [2.75, 3.05) is 25.5 Å². The molecule has 5 heteroatoms. The van der Waals surface area contributed by atoms with Crippen molar-refractivity contribution in [2.45, 2.75) is 6.54 Å². The maximum absolute atomic E-state index is 5.12. The lowest BCUT2D eigenvalue weighted by molar-refractivity contribution is 0.860. The monoisotopic (exact) mass is 250 g/mol. The molecule has 0 bridgehead atoms.